The summed E-state index contributed by atoms with van der Waals surface area (Å²) in [5.74, 6) is -1.86. The molecule has 12 nitrogen and oxygen atoms in total. The van der Waals surface area contributed by atoms with Gasteiger partial charge in [-0.25, -0.2) is 4.79 Å². The predicted molar refractivity (Wildman–Crippen MR) is 134 cm³/mol. The van der Waals surface area contributed by atoms with Gasteiger partial charge in [0.05, 0.1) is 0 Å². The fraction of sp³-hybridized carbons (Fsp3) is 0.542. The van der Waals surface area contributed by atoms with Crippen molar-refractivity contribution in [3.63, 3.8) is 0 Å². The molecule has 1 aliphatic heterocycles. The Labute approximate surface area is 211 Å². The van der Waals surface area contributed by atoms with Gasteiger partial charge >= 0.3 is 6.09 Å². The highest BCUT2D eigenvalue weighted by Crippen LogP contribution is 2.21. The van der Waals surface area contributed by atoms with Crippen molar-refractivity contribution in [1.29, 1.82) is 0 Å². The second-order valence-electron chi connectivity index (χ2n) is 9.03. The van der Waals surface area contributed by atoms with Gasteiger partial charge in [0.25, 0.3) is 0 Å². The number of nitrogens with one attached hydrogen (secondary N) is 2. The number of guanidine groups is 1. The van der Waals surface area contributed by atoms with Crippen LogP contribution in [0, 0.1) is 5.92 Å². The summed E-state index contributed by atoms with van der Waals surface area (Å²) in [5, 5.41) is 5.28. The van der Waals surface area contributed by atoms with Crippen molar-refractivity contribution < 1.29 is 23.9 Å². The number of primary amides is 1. The molecule has 0 saturated carbocycles. The highest BCUT2D eigenvalue weighted by atomic mass is 16.5. The summed E-state index contributed by atoms with van der Waals surface area (Å²) in [6.07, 6.45) is 1.01. The predicted octanol–water partition coefficient (Wildman–Crippen LogP) is -0.0479. The summed E-state index contributed by atoms with van der Waals surface area (Å²) in [6.45, 7) is 4.30. The highest BCUT2D eigenvalue weighted by molar-refractivity contribution is 5.94. The number of rotatable bonds is 12. The Morgan fingerprint density at radius 1 is 1.11 bits per heavy atom. The molecule has 2 rings (SSSR count). The lowest BCUT2D eigenvalue weighted by molar-refractivity contribution is -0.141. The molecule has 3 atom stereocenters. The Bertz CT molecular complexity index is 934. The lowest BCUT2D eigenvalue weighted by Gasteiger charge is -2.31. The Morgan fingerprint density at radius 3 is 2.42 bits per heavy atom. The van der Waals surface area contributed by atoms with E-state index in [2.05, 4.69) is 15.6 Å². The van der Waals surface area contributed by atoms with E-state index in [1.807, 2.05) is 30.3 Å². The Morgan fingerprint density at radius 2 is 1.81 bits per heavy atom. The first kappa shape index (κ1) is 28.4. The monoisotopic (exact) mass is 503 g/mol. The van der Waals surface area contributed by atoms with Crippen molar-refractivity contribution >= 4 is 29.8 Å². The first-order valence-electron chi connectivity index (χ1n) is 12.0. The third-order valence-corrected chi connectivity index (χ3v) is 5.86. The van der Waals surface area contributed by atoms with Crippen LogP contribution in [0.3, 0.4) is 0 Å². The number of carbonyl (C=O) groups excluding carboxylic acids is 4. The third-order valence-electron chi connectivity index (χ3n) is 5.86. The number of alkyl carbamates (subject to hydrolysis) is 1. The maximum absolute atomic E-state index is 13.4. The number of hydrogen-bond acceptors (Lipinski definition) is 6. The van der Waals surface area contributed by atoms with E-state index >= 15 is 0 Å². The van der Waals surface area contributed by atoms with E-state index < -0.39 is 36.0 Å². The molecule has 1 heterocycles. The van der Waals surface area contributed by atoms with Crippen LogP contribution in [0.1, 0.15) is 45.1 Å². The molecule has 0 unspecified atom stereocenters. The van der Waals surface area contributed by atoms with Crippen LogP contribution in [0.5, 0.6) is 0 Å². The lowest BCUT2D eigenvalue weighted by atomic mass is 10.0. The fourth-order valence-corrected chi connectivity index (χ4v) is 3.94. The number of likely N-dealkylation sites (tertiary alicyclic amines) is 1. The van der Waals surface area contributed by atoms with E-state index in [1.54, 1.807) is 13.8 Å². The summed E-state index contributed by atoms with van der Waals surface area (Å²) < 4.78 is 5.26. The number of hydrogen-bond donors (Lipinski definition) is 5. The van der Waals surface area contributed by atoms with Crippen LogP contribution in [0.2, 0.25) is 0 Å². The lowest BCUT2D eigenvalue weighted by Crippen LogP contribution is -2.57. The molecule has 4 amide bonds. The zero-order chi connectivity index (χ0) is 26.7. The van der Waals surface area contributed by atoms with Crippen molar-refractivity contribution in [1.82, 2.24) is 15.5 Å². The molecule has 0 aromatic heterocycles. The van der Waals surface area contributed by atoms with Crippen LogP contribution in [-0.2, 0) is 25.7 Å². The van der Waals surface area contributed by atoms with E-state index in [9.17, 15) is 19.2 Å². The van der Waals surface area contributed by atoms with Gasteiger partial charge in [0, 0.05) is 13.1 Å². The van der Waals surface area contributed by atoms with Crippen LogP contribution in [0.15, 0.2) is 35.3 Å². The van der Waals surface area contributed by atoms with Crippen molar-refractivity contribution in [2.75, 3.05) is 13.1 Å². The summed E-state index contributed by atoms with van der Waals surface area (Å²) in [4.78, 5) is 55.9. The molecule has 1 saturated heterocycles. The van der Waals surface area contributed by atoms with Crippen molar-refractivity contribution in [3.8, 4) is 0 Å². The van der Waals surface area contributed by atoms with Gasteiger partial charge < -0.3 is 37.5 Å². The van der Waals surface area contributed by atoms with Crippen LogP contribution in [-0.4, -0.2) is 65.9 Å². The average molecular weight is 504 g/mol. The second-order valence-corrected chi connectivity index (χ2v) is 9.03. The molecule has 1 aliphatic rings. The molecular formula is C24H37N7O5. The molecule has 1 fully saturated rings. The number of amides is 4. The number of nitrogens with two attached hydrogens (primary N) is 3. The van der Waals surface area contributed by atoms with Crippen molar-refractivity contribution in [2.45, 2.75) is 64.3 Å². The second kappa shape index (κ2) is 13.9. The van der Waals surface area contributed by atoms with Crippen LogP contribution < -0.4 is 27.8 Å². The van der Waals surface area contributed by atoms with Gasteiger partial charge in [-0.15, -0.1) is 0 Å². The largest absolute Gasteiger partial charge is 0.445 e. The first-order chi connectivity index (χ1) is 17.1. The Kier molecular flexibility index (Phi) is 11.0. The van der Waals surface area contributed by atoms with E-state index in [0.717, 1.165) is 5.56 Å². The van der Waals surface area contributed by atoms with Gasteiger partial charge in [0.2, 0.25) is 17.7 Å². The van der Waals surface area contributed by atoms with Gasteiger partial charge in [0.15, 0.2) is 5.96 Å². The van der Waals surface area contributed by atoms with Crippen LogP contribution in [0.25, 0.3) is 0 Å². The molecule has 198 valence electrons. The van der Waals surface area contributed by atoms with Gasteiger partial charge in [-0.2, -0.15) is 0 Å². The molecular weight excluding hydrogens is 466 g/mol. The minimum atomic E-state index is -0.920. The van der Waals surface area contributed by atoms with Crippen molar-refractivity contribution in [3.05, 3.63) is 35.9 Å². The van der Waals surface area contributed by atoms with Gasteiger partial charge in [-0.05, 0) is 37.2 Å². The Balaban J connectivity index is 1.99. The molecule has 8 N–H and O–H groups in total. The number of carbonyl (C=O) groups is 4. The Hall–Kier alpha value is -3.83. The molecule has 1 aromatic rings. The average Bonchev–Trinajstić information content (AvgIpc) is 3.33. The molecule has 0 aliphatic carbocycles. The quantitative estimate of drug-likeness (QED) is 0.150. The van der Waals surface area contributed by atoms with E-state index in [0.29, 0.717) is 25.8 Å². The number of ether oxygens (including phenoxy) is 1. The van der Waals surface area contributed by atoms with Crippen LogP contribution >= 0.6 is 0 Å². The maximum atomic E-state index is 13.4. The number of benzene rings is 1. The smallest absolute Gasteiger partial charge is 0.408 e. The first-order valence-corrected chi connectivity index (χ1v) is 12.0. The zero-order valence-corrected chi connectivity index (χ0v) is 20.8. The zero-order valence-electron chi connectivity index (χ0n) is 20.8. The topological polar surface area (TPSA) is 195 Å². The summed E-state index contributed by atoms with van der Waals surface area (Å²) in [5.41, 5.74) is 16.9. The van der Waals surface area contributed by atoms with Crippen LogP contribution in [0.4, 0.5) is 4.79 Å². The minimum absolute atomic E-state index is 0.0629. The number of aliphatic imine (C=N–C) groups is 1. The molecule has 12 heteroatoms. The molecule has 0 bridgehead atoms. The number of nitrogens with zero attached hydrogens (tertiary/aromatic N) is 2. The summed E-state index contributed by atoms with van der Waals surface area (Å²) in [7, 11) is 0. The fourth-order valence-electron chi connectivity index (χ4n) is 3.94. The SMILES string of the molecule is CC(C)[C@H](NC(=O)OCc1ccccc1)C(=O)N1CCC[C@H]1C(=O)N[C@@H](CCCN=C(N)N)C(N)=O. The van der Waals surface area contributed by atoms with Gasteiger partial charge in [-0.1, -0.05) is 44.2 Å². The van der Waals surface area contributed by atoms with E-state index in [4.69, 9.17) is 21.9 Å². The van der Waals surface area contributed by atoms with E-state index in [1.165, 1.54) is 4.90 Å². The minimum Gasteiger partial charge on any atom is -0.445 e. The third kappa shape index (κ3) is 8.75. The van der Waals surface area contributed by atoms with E-state index in [-0.39, 0.29) is 37.4 Å². The molecule has 36 heavy (non-hydrogen) atoms. The highest BCUT2D eigenvalue weighted by Gasteiger charge is 2.39. The molecule has 0 spiro atoms. The van der Waals surface area contributed by atoms with Crippen molar-refractivity contribution in [2.24, 2.45) is 28.1 Å². The molecule has 1 aromatic carbocycles. The normalized spacial score (nSPS) is 16.6. The molecule has 0 radical (unpaired) electrons. The maximum Gasteiger partial charge on any atom is 0.408 e. The standard InChI is InChI=1S/C24H37N7O5/c1-15(2)19(30-24(35)36-14-16-8-4-3-5-9-16)22(34)31-13-7-11-18(31)21(33)29-17(20(25)32)10-6-12-28-23(26)27/h3-5,8-9,15,17-19H,6-7,10-14H2,1-2H3,(H2,25,32)(H,29,33)(H,30,35)(H4,26,27,28)/t17-,18-,19-/m0/s1. The summed E-state index contributed by atoms with van der Waals surface area (Å²) >= 11 is 0. The van der Waals surface area contributed by atoms with Gasteiger partial charge in [0.1, 0.15) is 24.7 Å². The summed E-state index contributed by atoms with van der Waals surface area (Å²) in [6, 6.07) is 6.60. The van der Waals surface area contributed by atoms with Gasteiger partial charge in [-0.3, -0.25) is 19.4 Å².